The molecule has 0 saturated heterocycles. The quantitative estimate of drug-likeness (QED) is 0.160. The van der Waals surface area contributed by atoms with Crippen LogP contribution in [0.25, 0.3) is 6.08 Å². The highest BCUT2D eigenvalue weighted by Crippen LogP contribution is 2.36. The first-order valence-electron chi connectivity index (χ1n) is 13.4. The Balaban J connectivity index is 1.62. The Morgan fingerprint density at radius 3 is 2.30 bits per heavy atom. The van der Waals surface area contributed by atoms with Gasteiger partial charge in [0, 0.05) is 34.1 Å². The van der Waals surface area contributed by atoms with Crippen LogP contribution < -0.4 is 14.9 Å². The van der Waals surface area contributed by atoms with Crippen LogP contribution in [0.4, 0.5) is 5.69 Å². The average molecular weight is 654 g/mol. The first-order chi connectivity index (χ1) is 20.6. The van der Waals surface area contributed by atoms with E-state index in [2.05, 4.69) is 4.99 Å². The molecule has 1 aliphatic rings. The molecule has 220 valence electrons. The summed E-state index contributed by atoms with van der Waals surface area (Å²) in [6, 6.07) is 18.3. The molecule has 0 radical (unpaired) electrons. The molecule has 0 fully saturated rings. The van der Waals surface area contributed by atoms with Gasteiger partial charge in [-0.3, -0.25) is 24.3 Å². The van der Waals surface area contributed by atoms with Crippen molar-refractivity contribution in [1.82, 2.24) is 9.47 Å². The van der Waals surface area contributed by atoms with Gasteiger partial charge in [-0.15, -0.1) is 0 Å². The normalized spacial score (nSPS) is 14.8. The van der Waals surface area contributed by atoms with Gasteiger partial charge < -0.3 is 4.90 Å². The fourth-order valence-electron chi connectivity index (χ4n) is 4.87. The van der Waals surface area contributed by atoms with Crippen LogP contribution in [0, 0.1) is 10.1 Å². The number of amides is 1. The predicted molar refractivity (Wildman–Crippen MR) is 172 cm³/mol. The van der Waals surface area contributed by atoms with Crippen molar-refractivity contribution in [2.75, 3.05) is 13.1 Å². The molecule has 0 aliphatic carbocycles. The van der Waals surface area contributed by atoms with Crippen molar-refractivity contribution >= 4 is 64.0 Å². The molecule has 0 N–H and O–H groups in total. The van der Waals surface area contributed by atoms with Crippen molar-refractivity contribution in [3.05, 3.63) is 129 Å². The number of fused-ring (bicyclic) bond motifs is 1. The second kappa shape index (κ2) is 12.9. The van der Waals surface area contributed by atoms with Gasteiger partial charge in [0.2, 0.25) is 0 Å². The highest BCUT2D eigenvalue weighted by atomic mass is 35.5. The van der Waals surface area contributed by atoms with Crippen molar-refractivity contribution in [3.8, 4) is 0 Å². The fourth-order valence-corrected chi connectivity index (χ4v) is 7.07. The van der Waals surface area contributed by atoms with Crippen LogP contribution >= 0.6 is 46.3 Å². The SMILES string of the molecule is CCN(CC)C(=O)C1=C(C)N=c2s/c(=C\c3ccc(Sc4ccc(Cl)cc4)c([N+](=O)[O-])c3)c(=O)n2[C@@H]1c1ccc(Cl)cc1. The topological polar surface area (TPSA) is 97.8 Å². The first kappa shape index (κ1) is 30.7. The van der Waals surface area contributed by atoms with Crippen LogP contribution in [0.15, 0.2) is 97.6 Å². The highest BCUT2D eigenvalue weighted by Gasteiger charge is 2.34. The van der Waals surface area contributed by atoms with Gasteiger partial charge in [0.05, 0.1) is 31.7 Å². The molecule has 3 aromatic carbocycles. The van der Waals surface area contributed by atoms with Crippen LogP contribution in [-0.2, 0) is 4.79 Å². The second-order valence-corrected chi connectivity index (χ2v) is 12.6. The fraction of sp³-hybridized carbons (Fsp3) is 0.194. The van der Waals surface area contributed by atoms with Gasteiger partial charge in [-0.2, -0.15) is 0 Å². The molecule has 0 bridgehead atoms. The molecule has 5 rings (SSSR count). The third kappa shape index (κ3) is 6.33. The number of likely N-dealkylation sites (N-methyl/N-ethyl adjacent to an activating group) is 1. The van der Waals surface area contributed by atoms with E-state index in [-0.39, 0.29) is 17.2 Å². The number of hydrogen-bond donors (Lipinski definition) is 0. The van der Waals surface area contributed by atoms with Crippen molar-refractivity contribution in [2.45, 2.75) is 36.6 Å². The first-order valence-corrected chi connectivity index (χ1v) is 15.8. The molecule has 2 heterocycles. The lowest BCUT2D eigenvalue weighted by Crippen LogP contribution is -2.43. The predicted octanol–water partition coefficient (Wildman–Crippen LogP) is 6.47. The minimum absolute atomic E-state index is 0.0801. The van der Waals surface area contributed by atoms with E-state index in [1.54, 1.807) is 78.6 Å². The summed E-state index contributed by atoms with van der Waals surface area (Å²) in [7, 11) is 0. The number of rotatable bonds is 8. The number of allylic oxidation sites excluding steroid dienone is 1. The van der Waals surface area contributed by atoms with Crippen molar-refractivity contribution in [2.24, 2.45) is 4.99 Å². The summed E-state index contributed by atoms with van der Waals surface area (Å²) in [6.45, 7) is 6.60. The molecule has 1 atom stereocenters. The van der Waals surface area contributed by atoms with Gasteiger partial charge in [0.15, 0.2) is 4.80 Å². The maximum absolute atomic E-state index is 14.0. The number of benzene rings is 3. The molecule has 1 aromatic heterocycles. The van der Waals surface area contributed by atoms with Gasteiger partial charge in [-0.25, -0.2) is 4.99 Å². The lowest BCUT2D eigenvalue weighted by atomic mass is 9.94. The van der Waals surface area contributed by atoms with Gasteiger partial charge in [0.1, 0.15) is 0 Å². The molecule has 1 aliphatic heterocycles. The number of nitro benzene ring substituents is 1. The third-order valence-electron chi connectivity index (χ3n) is 7.01. The Morgan fingerprint density at radius 2 is 1.70 bits per heavy atom. The van der Waals surface area contributed by atoms with Crippen LogP contribution in [0.3, 0.4) is 0 Å². The van der Waals surface area contributed by atoms with Crippen LogP contribution in [0.2, 0.25) is 10.0 Å². The number of thiazole rings is 1. The molecule has 43 heavy (non-hydrogen) atoms. The maximum Gasteiger partial charge on any atom is 0.283 e. The summed E-state index contributed by atoms with van der Waals surface area (Å²) in [5, 5.41) is 13.1. The van der Waals surface area contributed by atoms with Crippen molar-refractivity contribution < 1.29 is 9.72 Å². The van der Waals surface area contributed by atoms with E-state index in [0.717, 1.165) is 10.5 Å². The molecule has 1 amide bonds. The zero-order valence-electron chi connectivity index (χ0n) is 23.4. The molecule has 0 unspecified atom stereocenters. The summed E-state index contributed by atoms with van der Waals surface area (Å²) >= 11 is 14.6. The van der Waals surface area contributed by atoms with E-state index < -0.39 is 11.0 Å². The van der Waals surface area contributed by atoms with Gasteiger partial charge in [-0.05, 0) is 80.4 Å². The molecule has 4 aromatic rings. The third-order valence-corrected chi connectivity index (χ3v) is 9.57. The number of hydrogen-bond acceptors (Lipinski definition) is 7. The van der Waals surface area contributed by atoms with Gasteiger partial charge in [-0.1, -0.05) is 64.5 Å². The molecule has 8 nitrogen and oxygen atoms in total. The summed E-state index contributed by atoms with van der Waals surface area (Å²) in [5.74, 6) is -0.190. The lowest BCUT2D eigenvalue weighted by molar-refractivity contribution is -0.387. The average Bonchev–Trinajstić information content (AvgIpc) is 3.29. The molecular formula is C31H26Cl2N4O4S2. The van der Waals surface area contributed by atoms with E-state index >= 15 is 0 Å². The Hall–Kier alpha value is -3.70. The number of halogens is 2. The second-order valence-electron chi connectivity index (χ2n) is 9.65. The largest absolute Gasteiger partial charge is 0.339 e. The highest BCUT2D eigenvalue weighted by molar-refractivity contribution is 7.99. The van der Waals surface area contributed by atoms with E-state index in [1.165, 1.54) is 33.7 Å². The molecular weight excluding hydrogens is 627 g/mol. The standard InChI is InChI=1S/C31H26Cl2N4O4S2/c1-4-35(5-2)30(39)27-18(3)34-31-36(28(27)20-7-9-21(32)10-8-20)29(38)26(43-31)17-19-6-15-25(24(16-19)37(40)41)42-23-13-11-22(33)12-14-23/h6-17,28H,4-5H2,1-3H3/b26-17-/t28-/m1/s1. The van der Waals surface area contributed by atoms with Crippen molar-refractivity contribution in [1.29, 1.82) is 0 Å². The van der Waals surface area contributed by atoms with Crippen LogP contribution in [-0.4, -0.2) is 33.4 Å². The summed E-state index contributed by atoms with van der Waals surface area (Å²) in [6.07, 6.45) is 1.62. The van der Waals surface area contributed by atoms with Crippen molar-refractivity contribution in [3.63, 3.8) is 0 Å². The number of nitrogens with zero attached hydrogens (tertiary/aromatic N) is 4. The summed E-state index contributed by atoms with van der Waals surface area (Å²) < 4.78 is 1.87. The summed E-state index contributed by atoms with van der Waals surface area (Å²) in [4.78, 5) is 47.3. The minimum atomic E-state index is -0.712. The number of aromatic nitrogens is 1. The van der Waals surface area contributed by atoms with Crippen LogP contribution in [0.1, 0.15) is 37.9 Å². The number of nitro groups is 1. The zero-order valence-corrected chi connectivity index (χ0v) is 26.6. The molecule has 12 heteroatoms. The van der Waals surface area contributed by atoms with E-state index in [1.807, 2.05) is 13.8 Å². The van der Waals surface area contributed by atoms with E-state index in [9.17, 15) is 19.7 Å². The lowest BCUT2D eigenvalue weighted by Gasteiger charge is -2.29. The van der Waals surface area contributed by atoms with Gasteiger partial charge >= 0.3 is 0 Å². The monoisotopic (exact) mass is 652 g/mol. The van der Waals surface area contributed by atoms with Gasteiger partial charge in [0.25, 0.3) is 17.2 Å². The van der Waals surface area contributed by atoms with Crippen LogP contribution in [0.5, 0.6) is 0 Å². The zero-order chi connectivity index (χ0) is 30.8. The molecule has 0 spiro atoms. The minimum Gasteiger partial charge on any atom is -0.339 e. The van der Waals surface area contributed by atoms with E-state index in [4.69, 9.17) is 23.2 Å². The summed E-state index contributed by atoms with van der Waals surface area (Å²) in [5.41, 5.74) is 1.75. The smallest absolute Gasteiger partial charge is 0.283 e. The Labute approximate surface area is 265 Å². The Bertz CT molecular complexity index is 1930. The number of carbonyl (C=O) groups is 1. The Kier molecular flexibility index (Phi) is 9.22. The number of carbonyl (C=O) groups excluding carboxylic acids is 1. The molecule has 0 saturated carbocycles. The Morgan fingerprint density at radius 1 is 1.07 bits per heavy atom. The maximum atomic E-state index is 14.0. The van der Waals surface area contributed by atoms with E-state index in [0.29, 0.717) is 54.2 Å².